The Bertz CT molecular complexity index is 740. The molecule has 0 saturated heterocycles. The molecule has 0 saturated carbocycles. The molecule has 3 aromatic rings. The quantitative estimate of drug-likeness (QED) is 0.495. The highest BCUT2D eigenvalue weighted by Gasteiger charge is 2.10. The number of fused-ring (bicyclic) bond motifs is 2. The van der Waals surface area contributed by atoms with Crippen LogP contribution in [0.3, 0.4) is 0 Å². The van der Waals surface area contributed by atoms with Gasteiger partial charge in [0.2, 0.25) is 0 Å². The summed E-state index contributed by atoms with van der Waals surface area (Å²) in [4.78, 5) is 4.62. The molecule has 96 valence electrons. The number of nitrogens with two attached hydrogens (primary N) is 1. The molecule has 19 heavy (non-hydrogen) atoms. The van der Waals surface area contributed by atoms with Crippen LogP contribution in [0, 0.1) is 0 Å². The van der Waals surface area contributed by atoms with Gasteiger partial charge in [0.25, 0.3) is 0 Å². The van der Waals surface area contributed by atoms with Crippen LogP contribution in [0.4, 0.5) is 11.4 Å². The lowest BCUT2D eigenvalue weighted by molar-refractivity contribution is 0.311. The Balaban J connectivity index is 2.40. The minimum atomic E-state index is 0.0743. The third-order valence-corrected chi connectivity index (χ3v) is 3.15. The molecular weight excluding hydrogens is 238 g/mol. The van der Waals surface area contributed by atoms with Crippen LogP contribution in [0.2, 0.25) is 0 Å². The van der Waals surface area contributed by atoms with Crippen molar-refractivity contribution >= 4 is 33.2 Å². The van der Waals surface area contributed by atoms with Crippen molar-refractivity contribution in [3.63, 3.8) is 0 Å². The molecule has 0 aliphatic heterocycles. The Hall–Kier alpha value is -2.33. The predicted molar refractivity (Wildman–Crippen MR) is 79.2 cm³/mol. The average Bonchev–Trinajstić information content (AvgIpc) is 2.44. The van der Waals surface area contributed by atoms with Gasteiger partial charge in [-0.1, -0.05) is 24.3 Å². The van der Waals surface area contributed by atoms with Gasteiger partial charge in [-0.05, 0) is 18.2 Å². The summed E-state index contributed by atoms with van der Waals surface area (Å²) in [7, 11) is 0. The van der Waals surface area contributed by atoms with Crippen LogP contribution < -0.4 is 11.1 Å². The minimum Gasteiger partial charge on any atom is -0.398 e. The van der Waals surface area contributed by atoms with Gasteiger partial charge in [-0.2, -0.15) is 0 Å². The highest BCUT2D eigenvalue weighted by atomic mass is 16.3. The summed E-state index contributed by atoms with van der Waals surface area (Å²) in [6.45, 7) is 0.558. The number of para-hydroxylation sites is 1. The number of aliphatic hydroxyl groups excluding tert-OH is 1. The lowest BCUT2D eigenvalue weighted by Gasteiger charge is -2.13. The van der Waals surface area contributed by atoms with E-state index in [4.69, 9.17) is 10.8 Å². The van der Waals surface area contributed by atoms with Gasteiger partial charge in [-0.15, -0.1) is 0 Å². The minimum absolute atomic E-state index is 0.0743. The lowest BCUT2D eigenvalue weighted by Crippen LogP contribution is -2.07. The van der Waals surface area contributed by atoms with Crippen molar-refractivity contribution in [2.75, 3.05) is 24.2 Å². The average molecular weight is 253 g/mol. The van der Waals surface area contributed by atoms with E-state index in [1.165, 1.54) is 0 Å². The van der Waals surface area contributed by atoms with Gasteiger partial charge in [-0.3, -0.25) is 0 Å². The first-order chi connectivity index (χ1) is 9.31. The van der Waals surface area contributed by atoms with Crippen LogP contribution in [0.1, 0.15) is 0 Å². The molecule has 2 aromatic carbocycles. The summed E-state index contributed by atoms with van der Waals surface area (Å²) < 4.78 is 0. The number of aromatic nitrogens is 1. The van der Waals surface area contributed by atoms with Crippen LogP contribution in [-0.2, 0) is 0 Å². The number of nitrogens with zero attached hydrogens (tertiary/aromatic N) is 1. The highest BCUT2D eigenvalue weighted by molar-refractivity contribution is 6.11. The van der Waals surface area contributed by atoms with Gasteiger partial charge in [0, 0.05) is 23.0 Å². The zero-order valence-corrected chi connectivity index (χ0v) is 10.4. The number of benzene rings is 2. The first kappa shape index (κ1) is 11.7. The second kappa shape index (κ2) is 4.74. The lowest BCUT2D eigenvalue weighted by atomic mass is 10.1. The second-order valence-electron chi connectivity index (χ2n) is 4.40. The van der Waals surface area contributed by atoms with E-state index in [1.807, 2.05) is 42.5 Å². The fourth-order valence-corrected chi connectivity index (χ4v) is 2.33. The molecule has 4 heteroatoms. The van der Waals surface area contributed by atoms with E-state index in [0.29, 0.717) is 12.2 Å². The van der Waals surface area contributed by atoms with Crippen LogP contribution >= 0.6 is 0 Å². The molecule has 0 aliphatic carbocycles. The van der Waals surface area contributed by atoms with Gasteiger partial charge in [0.05, 0.1) is 23.3 Å². The maximum atomic E-state index is 9.03. The summed E-state index contributed by atoms with van der Waals surface area (Å²) in [6.07, 6.45) is 0. The maximum Gasteiger partial charge on any atom is 0.0751 e. The summed E-state index contributed by atoms with van der Waals surface area (Å²) in [5.41, 5.74) is 9.48. The third kappa shape index (κ3) is 1.96. The van der Waals surface area contributed by atoms with Crippen molar-refractivity contribution in [3.05, 3.63) is 42.5 Å². The number of anilines is 2. The van der Waals surface area contributed by atoms with Crippen molar-refractivity contribution in [2.45, 2.75) is 0 Å². The monoisotopic (exact) mass is 253 g/mol. The van der Waals surface area contributed by atoms with E-state index in [-0.39, 0.29) is 6.61 Å². The Morgan fingerprint density at radius 3 is 2.68 bits per heavy atom. The zero-order chi connectivity index (χ0) is 13.2. The molecule has 0 spiro atoms. The Morgan fingerprint density at radius 2 is 1.84 bits per heavy atom. The molecule has 0 atom stereocenters. The second-order valence-corrected chi connectivity index (χ2v) is 4.40. The Morgan fingerprint density at radius 1 is 1.05 bits per heavy atom. The van der Waals surface area contributed by atoms with E-state index in [0.717, 1.165) is 27.5 Å². The fourth-order valence-electron chi connectivity index (χ4n) is 2.33. The predicted octanol–water partition coefficient (Wildman–Crippen LogP) is 2.37. The topological polar surface area (TPSA) is 71.2 Å². The largest absolute Gasteiger partial charge is 0.398 e. The summed E-state index contributed by atoms with van der Waals surface area (Å²) in [5.74, 6) is 0. The third-order valence-electron chi connectivity index (χ3n) is 3.15. The van der Waals surface area contributed by atoms with Crippen LogP contribution in [0.5, 0.6) is 0 Å². The van der Waals surface area contributed by atoms with E-state index in [9.17, 15) is 0 Å². The SMILES string of the molecule is Nc1cccc2nc3ccccc3c(NCCO)c12. The number of rotatable bonds is 3. The Kier molecular flexibility index (Phi) is 2.93. The standard InChI is InChI=1S/C15H15N3O/c16-11-5-3-7-13-14(11)15(17-8-9-19)10-4-1-2-6-12(10)18-13/h1-7,19H,8-9,16H2,(H,17,18). The fraction of sp³-hybridized carbons (Fsp3) is 0.133. The summed E-state index contributed by atoms with van der Waals surface area (Å²) in [6, 6.07) is 13.6. The number of hydrogen-bond acceptors (Lipinski definition) is 4. The normalized spacial score (nSPS) is 11.0. The van der Waals surface area contributed by atoms with Crippen molar-refractivity contribution in [1.29, 1.82) is 0 Å². The molecule has 4 N–H and O–H groups in total. The Labute approximate surface area is 110 Å². The number of nitrogen functional groups attached to an aromatic ring is 1. The molecule has 3 rings (SSSR count). The van der Waals surface area contributed by atoms with Gasteiger partial charge in [0.15, 0.2) is 0 Å². The molecule has 4 nitrogen and oxygen atoms in total. The van der Waals surface area contributed by atoms with Gasteiger partial charge < -0.3 is 16.2 Å². The molecule has 1 heterocycles. The zero-order valence-electron chi connectivity index (χ0n) is 10.4. The molecular formula is C15H15N3O. The first-order valence-electron chi connectivity index (χ1n) is 6.23. The number of aliphatic hydroxyl groups is 1. The molecule has 0 unspecified atom stereocenters. The van der Waals surface area contributed by atoms with Crippen molar-refractivity contribution < 1.29 is 5.11 Å². The molecule has 0 amide bonds. The molecule has 0 fully saturated rings. The van der Waals surface area contributed by atoms with Gasteiger partial charge >= 0.3 is 0 Å². The van der Waals surface area contributed by atoms with Crippen LogP contribution in [-0.4, -0.2) is 23.2 Å². The van der Waals surface area contributed by atoms with Crippen LogP contribution in [0.15, 0.2) is 42.5 Å². The summed E-state index contributed by atoms with van der Waals surface area (Å²) >= 11 is 0. The first-order valence-corrected chi connectivity index (χ1v) is 6.23. The molecule has 0 aliphatic rings. The van der Waals surface area contributed by atoms with E-state index in [1.54, 1.807) is 0 Å². The number of hydrogen-bond donors (Lipinski definition) is 3. The van der Waals surface area contributed by atoms with Crippen molar-refractivity contribution in [1.82, 2.24) is 4.98 Å². The summed E-state index contributed by atoms with van der Waals surface area (Å²) in [5, 5.41) is 14.2. The van der Waals surface area contributed by atoms with E-state index >= 15 is 0 Å². The smallest absolute Gasteiger partial charge is 0.0751 e. The van der Waals surface area contributed by atoms with Crippen molar-refractivity contribution in [2.24, 2.45) is 0 Å². The number of nitrogens with one attached hydrogen (secondary N) is 1. The molecule has 1 aromatic heterocycles. The van der Waals surface area contributed by atoms with Gasteiger partial charge in [-0.25, -0.2) is 4.98 Å². The maximum absolute atomic E-state index is 9.03. The van der Waals surface area contributed by atoms with Crippen LogP contribution in [0.25, 0.3) is 21.8 Å². The number of pyridine rings is 1. The van der Waals surface area contributed by atoms with Gasteiger partial charge in [0.1, 0.15) is 0 Å². The van der Waals surface area contributed by atoms with E-state index in [2.05, 4.69) is 10.3 Å². The van der Waals surface area contributed by atoms with E-state index < -0.39 is 0 Å². The van der Waals surface area contributed by atoms with Crippen molar-refractivity contribution in [3.8, 4) is 0 Å². The highest BCUT2D eigenvalue weighted by Crippen LogP contribution is 2.33. The molecule has 0 radical (unpaired) electrons. The molecule has 0 bridgehead atoms.